The van der Waals surface area contributed by atoms with Crippen molar-refractivity contribution in [2.45, 2.75) is 6.42 Å². The predicted molar refractivity (Wildman–Crippen MR) is 70.2 cm³/mol. The number of hydrogen-bond donors (Lipinski definition) is 1. The Bertz CT molecular complexity index is 411. The number of nitrogens with zero attached hydrogens (tertiary/aromatic N) is 2. The number of amides is 2. The Hall–Kier alpha value is -1.40. The molecule has 2 rings (SSSR count). The van der Waals surface area contributed by atoms with Gasteiger partial charge in [-0.25, -0.2) is 0 Å². The third-order valence-electron chi connectivity index (χ3n) is 3.01. The summed E-state index contributed by atoms with van der Waals surface area (Å²) in [5, 5.41) is 1.98. The quantitative estimate of drug-likeness (QED) is 0.830. The molecule has 2 heterocycles. The molecule has 18 heavy (non-hydrogen) atoms. The molecule has 0 saturated carbocycles. The molecule has 1 aromatic rings. The number of hydrogen-bond acceptors (Lipinski definition) is 4. The number of rotatable bonds is 4. The van der Waals surface area contributed by atoms with Gasteiger partial charge in [0.25, 0.3) is 0 Å². The summed E-state index contributed by atoms with van der Waals surface area (Å²) < 4.78 is 0. The fraction of sp³-hybridized carbons (Fsp3) is 0.500. The summed E-state index contributed by atoms with van der Waals surface area (Å²) in [6.45, 7) is 3.08. The molecule has 0 radical (unpaired) electrons. The van der Waals surface area contributed by atoms with Gasteiger partial charge >= 0.3 is 0 Å². The fourth-order valence-electron chi connectivity index (χ4n) is 2.05. The van der Waals surface area contributed by atoms with Crippen molar-refractivity contribution in [2.75, 3.05) is 32.7 Å². The van der Waals surface area contributed by atoms with Crippen LogP contribution in [-0.4, -0.2) is 54.3 Å². The number of piperazine rings is 1. The molecule has 1 aromatic heterocycles. The van der Waals surface area contributed by atoms with Crippen LogP contribution in [0.5, 0.6) is 0 Å². The highest BCUT2D eigenvalue weighted by molar-refractivity contribution is 7.10. The van der Waals surface area contributed by atoms with Crippen LogP contribution in [0, 0.1) is 0 Å². The lowest BCUT2D eigenvalue weighted by molar-refractivity contribution is -0.132. The summed E-state index contributed by atoms with van der Waals surface area (Å²) in [4.78, 5) is 27.8. The van der Waals surface area contributed by atoms with E-state index >= 15 is 0 Å². The predicted octanol–water partition coefficient (Wildman–Crippen LogP) is -0.0799. The van der Waals surface area contributed by atoms with Crippen molar-refractivity contribution >= 4 is 23.2 Å². The van der Waals surface area contributed by atoms with Gasteiger partial charge in [0.05, 0.1) is 13.0 Å². The Morgan fingerprint density at radius 1 is 1.28 bits per heavy atom. The van der Waals surface area contributed by atoms with Gasteiger partial charge in [0, 0.05) is 31.1 Å². The average molecular weight is 267 g/mol. The maximum Gasteiger partial charge on any atom is 0.231 e. The van der Waals surface area contributed by atoms with Crippen LogP contribution in [-0.2, 0) is 16.0 Å². The lowest BCUT2D eigenvalue weighted by Gasteiger charge is -2.34. The Labute approximate surface area is 110 Å². The van der Waals surface area contributed by atoms with E-state index in [2.05, 4.69) is 0 Å². The van der Waals surface area contributed by atoms with Gasteiger partial charge in [0.15, 0.2) is 0 Å². The SMILES string of the molecule is NC(=O)CN1CCN(C(=O)Cc2cccs2)CC1. The molecule has 2 N–H and O–H groups in total. The van der Waals surface area contributed by atoms with Gasteiger partial charge in [-0.3, -0.25) is 14.5 Å². The summed E-state index contributed by atoms with van der Waals surface area (Å²) >= 11 is 1.61. The molecule has 0 aromatic carbocycles. The Morgan fingerprint density at radius 2 is 2.00 bits per heavy atom. The van der Waals surface area contributed by atoms with Crippen molar-refractivity contribution in [3.8, 4) is 0 Å². The first-order valence-electron chi connectivity index (χ1n) is 5.96. The van der Waals surface area contributed by atoms with Crippen LogP contribution in [0.1, 0.15) is 4.88 Å². The number of primary amides is 1. The monoisotopic (exact) mass is 267 g/mol. The molecule has 1 aliphatic rings. The first-order chi connectivity index (χ1) is 8.65. The molecular formula is C12H17N3O2S. The molecule has 98 valence electrons. The van der Waals surface area contributed by atoms with Crippen LogP contribution < -0.4 is 5.73 Å². The van der Waals surface area contributed by atoms with Crippen molar-refractivity contribution in [1.29, 1.82) is 0 Å². The molecule has 0 atom stereocenters. The van der Waals surface area contributed by atoms with Crippen LogP contribution >= 0.6 is 11.3 Å². The topological polar surface area (TPSA) is 66.6 Å². The van der Waals surface area contributed by atoms with Gasteiger partial charge in [0.2, 0.25) is 11.8 Å². The number of nitrogens with two attached hydrogens (primary N) is 1. The minimum absolute atomic E-state index is 0.163. The number of carbonyl (C=O) groups excluding carboxylic acids is 2. The minimum Gasteiger partial charge on any atom is -0.369 e. The lowest BCUT2D eigenvalue weighted by atomic mass is 10.2. The molecular weight excluding hydrogens is 250 g/mol. The van der Waals surface area contributed by atoms with Crippen molar-refractivity contribution in [1.82, 2.24) is 9.80 Å². The third-order valence-corrected chi connectivity index (χ3v) is 3.89. The Balaban J connectivity index is 1.79. The van der Waals surface area contributed by atoms with E-state index in [1.165, 1.54) is 0 Å². The molecule has 0 aliphatic carbocycles. The second-order valence-electron chi connectivity index (χ2n) is 4.38. The van der Waals surface area contributed by atoms with Crippen molar-refractivity contribution < 1.29 is 9.59 Å². The fourth-order valence-corrected chi connectivity index (χ4v) is 2.75. The highest BCUT2D eigenvalue weighted by atomic mass is 32.1. The first kappa shape index (κ1) is 13.0. The van der Waals surface area contributed by atoms with Crippen LogP contribution in [0.2, 0.25) is 0 Å². The van der Waals surface area contributed by atoms with Gasteiger partial charge in [0.1, 0.15) is 0 Å². The van der Waals surface area contributed by atoms with Gasteiger partial charge in [-0.2, -0.15) is 0 Å². The van der Waals surface area contributed by atoms with E-state index in [4.69, 9.17) is 5.73 Å². The summed E-state index contributed by atoms with van der Waals surface area (Å²) in [7, 11) is 0. The minimum atomic E-state index is -0.312. The zero-order valence-corrected chi connectivity index (χ0v) is 11.0. The van der Waals surface area contributed by atoms with Crippen LogP contribution in [0.3, 0.4) is 0 Å². The van der Waals surface area contributed by atoms with Crippen LogP contribution in [0.25, 0.3) is 0 Å². The normalized spacial score (nSPS) is 16.8. The Kier molecular flexibility index (Phi) is 4.33. The van der Waals surface area contributed by atoms with Crippen LogP contribution in [0.15, 0.2) is 17.5 Å². The molecule has 1 fully saturated rings. The molecule has 1 aliphatic heterocycles. The Morgan fingerprint density at radius 3 is 2.56 bits per heavy atom. The standard InChI is InChI=1S/C12H17N3O2S/c13-11(16)9-14-3-5-15(6-4-14)12(17)8-10-2-1-7-18-10/h1-2,7H,3-6,8-9H2,(H2,13,16). The average Bonchev–Trinajstić information content (AvgIpc) is 2.82. The highest BCUT2D eigenvalue weighted by Gasteiger charge is 2.21. The number of carbonyl (C=O) groups is 2. The summed E-state index contributed by atoms with van der Waals surface area (Å²) in [5.41, 5.74) is 5.15. The van der Waals surface area contributed by atoms with E-state index in [0.717, 1.165) is 18.0 Å². The van der Waals surface area contributed by atoms with Gasteiger partial charge in [-0.1, -0.05) is 6.07 Å². The van der Waals surface area contributed by atoms with Crippen molar-refractivity contribution in [3.63, 3.8) is 0 Å². The molecule has 0 spiro atoms. The largest absolute Gasteiger partial charge is 0.369 e. The van der Waals surface area contributed by atoms with E-state index in [0.29, 0.717) is 19.5 Å². The first-order valence-corrected chi connectivity index (χ1v) is 6.84. The second-order valence-corrected chi connectivity index (χ2v) is 5.41. The highest BCUT2D eigenvalue weighted by Crippen LogP contribution is 2.11. The second kappa shape index (κ2) is 5.97. The molecule has 0 unspecified atom stereocenters. The van der Waals surface area contributed by atoms with Gasteiger partial charge < -0.3 is 10.6 Å². The zero-order chi connectivity index (χ0) is 13.0. The zero-order valence-electron chi connectivity index (χ0n) is 10.2. The molecule has 1 saturated heterocycles. The summed E-state index contributed by atoms with van der Waals surface area (Å²) in [6.07, 6.45) is 0.480. The molecule has 5 nitrogen and oxygen atoms in total. The summed E-state index contributed by atoms with van der Waals surface area (Å²) in [5.74, 6) is -0.149. The van der Waals surface area contributed by atoms with Crippen molar-refractivity contribution in [3.05, 3.63) is 22.4 Å². The van der Waals surface area contributed by atoms with Crippen LogP contribution in [0.4, 0.5) is 0 Å². The van der Waals surface area contributed by atoms with E-state index in [9.17, 15) is 9.59 Å². The smallest absolute Gasteiger partial charge is 0.231 e. The van der Waals surface area contributed by atoms with Gasteiger partial charge in [-0.15, -0.1) is 11.3 Å². The van der Waals surface area contributed by atoms with Gasteiger partial charge in [-0.05, 0) is 11.4 Å². The van der Waals surface area contributed by atoms with E-state index in [-0.39, 0.29) is 18.4 Å². The van der Waals surface area contributed by atoms with E-state index in [1.807, 2.05) is 27.3 Å². The molecule has 6 heteroatoms. The third kappa shape index (κ3) is 3.54. The maximum absolute atomic E-state index is 12.0. The van der Waals surface area contributed by atoms with E-state index in [1.54, 1.807) is 11.3 Å². The summed E-state index contributed by atoms with van der Waals surface area (Å²) in [6, 6.07) is 3.93. The maximum atomic E-state index is 12.0. The lowest BCUT2D eigenvalue weighted by Crippen LogP contribution is -2.50. The number of thiophene rings is 1. The molecule has 0 bridgehead atoms. The molecule has 2 amide bonds. The van der Waals surface area contributed by atoms with E-state index < -0.39 is 0 Å². The van der Waals surface area contributed by atoms with Crippen molar-refractivity contribution in [2.24, 2.45) is 5.73 Å².